The van der Waals surface area contributed by atoms with E-state index in [2.05, 4.69) is 20.4 Å². The Balaban J connectivity index is 1.31. The van der Waals surface area contributed by atoms with Crippen molar-refractivity contribution in [3.63, 3.8) is 0 Å². The zero-order chi connectivity index (χ0) is 21.5. The first-order chi connectivity index (χ1) is 15.2. The van der Waals surface area contributed by atoms with Crippen LogP contribution < -0.4 is 15.0 Å². The molecule has 0 bridgehead atoms. The number of thioether (sulfide) groups is 1. The molecule has 0 saturated carbocycles. The minimum absolute atomic E-state index is 0.121. The maximum Gasteiger partial charge on any atom is 0.277 e. The van der Waals surface area contributed by atoms with Crippen molar-refractivity contribution in [2.24, 2.45) is 0 Å². The van der Waals surface area contributed by atoms with Gasteiger partial charge in [-0.25, -0.2) is 0 Å². The third-order valence-corrected chi connectivity index (χ3v) is 5.52. The molecule has 1 aliphatic heterocycles. The Morgan fingerprint density at radius 3 is 2.77 bits per heavy atom. The number of carbonyl (C=O) groups is 1. The van der Waals surface area contributed by atoms with Crippen molar-refractivity contribution in [3.8, 4) is 5.75 Å². The number of aromatic nitrogens is 2. The van der Waals surface area contributed by atoms with E-state index in [9.17, 15) is 4.79 Å². The summed E-state index contributed by atoms with van der Waals surface area (Å²) < 4.78 is 16.5. The lowest BCUT2D eigenvalue weighted by Crippen LogP contribution is -2.36. The molecule has 0 spiro atoms. The van der Waals surface area contributed by atoms with Gasteiger partial charge >= 0.3 is 0 Å². The molecule has 8 nitrogen and oxygen atoms in total. The lowest BCUT2D eigenvalue weighted by Gasteiger charge is -2.30. The second-order valence-corrected chi connectivity index (χ2v) is 8.02. The van der Waals surface area contributed by atoms with Crippen LogP contribution in [0.1, 0.15) is 5.89 Å². The van der Waals surface area contributed by atoms with E-state index >= 15 is 0 Å². The molecule has 1 amide bonds. The maximum atomic E-state index is 12.5. The van der Waals surface area contributed by atoms with E-state index in [0.29, 0.717) is 40.8 Å². The van der Waals surface area contributed by atoms with Gasteiger partial charge in [0, 0.05) is 18.1 Å². The van der Waals surface area contributed by atoms with Gasteiger partial charge in [-0.1, -0.05) is 41.6 Å². The number of hydrogen-bond acceptors (Lipinski definition) is 8. The van der Waals surface area contributed by atoms with Crippen molar-refractivity contribution in [3.05, 3.63) is 59.4 Å². The molecule has 4 rings (SSSR count). The highest BCUT2D eigenvalue weighted by Gasteiger charge is 2.17. The fourth-order valence-electron chi connectivity index (χ4n) is 3.02. The molecule has 0 unspecified atom stereocenters. The van der Waals surface area contributed by atoms with Crippen LogP contribution in [0.3, 0.4) is 0 Å². The average Bonchev–Trinajstić information content (AvgIpc) is 3.26. The predicted octanol–water partition coefficient (Wildman–Crippen LogP) is 3.87. The number of rotatable bonds is 8. The summed E-state index contributed by atoms with van der Waals surface area (Å²) in [4.78, 5) is 14.7. The highest BCUT2D eigenvalue weighted by molar-refractivity contribution is 7.99. The first-order valence-corrected chi connectivity index (χ1v) is 11.1. The SMILES string of the molecule is O=C(CSc1nnc(COc2ccccc2)o1)Nc1cc(Cl)ccc1N1CCOCC1. The van der Waals surface area contributed by atoms with Crippen molar-refractivity contribution in [1.29, 1.82) is 0 Å². The minimum atomic E-state index is -0.193. The lowest BCUT2D eigenvalue weighted by atomic mass is 10.2. The maximum absolute atomic E-state index is 12.5. The molecule has 1 aromatic heterocycles. The van der Waals surface area contributed by atoms with Crippen LogP contribution in [-0.4, -0.2) is 48.2 Å². The number of para-hydroxylation sites is 1. The van der Waals surface area contributed by atoms with Crippen LogP contribution in [0.25, 0.3) is 0 Å². The van der Waals surface area contributed by atoms with E-state index in [0.717, 1.165) is 30.5 Å². The van der Waals surface area contributed by atoms with Gasteiger partial charge in [0.15, 0.2) is 6.61 Å². The topological polar surface area (TPSA) is 89.7 Å². The van der Waals surface area contributed by atoms with Gasteiger partial charge in [0.05, 0.1) is 30.3 Å². The van der Waals surface area contributed by atoms with Crippen LogP contribution in [0.15, 0.2) is 58.2 Å². The number of halogens is 1. The highest BCUT2D eigenvalue weighted by atomic mass is 35.5. The molecule has 162 valence electrons. The van der Waals surface area contributed by atoms with E-state index in [4.69, 9.17) is 25.5 Å². The average molecular weight is 461 g/mol. The van der Waals surface area contributed by atoms with Crippen LogP contribution in [0.4, 0.5) is 11.4 Å². The summed E-state index contributed by atoms with van der Waals surface area (Å²) in [5.41, 5.74) is 1.59. The molecule has 0 radical (unpaired) electrons. The Morgan fingerprint density at radius 1 is 1.16 bits per heavy atom. The number of carbonyl (C=O) groups excluding carboxylic acids is 1. The van der Waals surface area contributed by atoms with Crippen molar-refractivity contribution in [2.75, 3.05) is 42.3 Å². The van der Waals surface area contributed by atoms with Gasteiger partial charge in [0.2, 0.25) is 5.91 Å². The summed E-state index contributed by atoms with van der Waals surface area (Å²) in [7, 11) is 0. The van der Waals surface area contributed by atoms with Crippen molar-refractivity contribution in [2.45, 2.75) is 11.8 Å². The molecular formula is C21H21ClN4O4S. The Labute approximate surface area is 188 Å². The zero-order valence-corrected chi connectivity index (χ0v) is 18.2. The van der Waals surface area contributed by atoms with Crippen molar-refractivity contribution in [1.82, 2.24) is 10.2 Å². The fraction of sp³-hybridized carbons (Fsp3) is 0.286. The summed E-state index contributed by atoms with van der Waals surface area (Å²) >= 11 is 7.31. The first-order valence-electron chi connectivity index (χ1n) is 9.72. The molecule has 2 aromatic carbocycles. The van der Waals surface area contributed by atoms with Gasteiger partial charge in [-0.2, -0.15) is 0 Å². The lowest BCUT2D eigenvalue weighted by molar-refractivity contribution is -0.113. The van der Waals surface area contributed by atoms with Gasteiger partial charge in [0.25, 0.3) is 11.1 Å². The summed E-state index contributed by atoms with van der Waals surface area (Å²) in [5, 5.41) is 11.7. The van der Waals surface area contributed by atoms with Gasteiger partial charge in [-0.05, 0) is 30.3 Å². The van der Waals surface area contributed by atoms with Crippen LogP contribution in [-0.2, 0) is 16.1 Å². The molecule has 0 aliphatic carbocycles. The molecular weight excluding hydrogens is 440 g/mol. The number of anilines is 2. The van der Waals surface area contributed by atoms with E-state index in [1.165, 1.54) is 0 Å². The number of nitrogens with zero attached hydrogens (tertiary/aromatic N) is 3. The third kappa shape index (κ3) is 6.13. The molecule has 3 aromatic rings. The number of morpholine rings is 1. The van der Waals surface area contributed by atoms with E-state index in [1.54, 1.807) is 6.07 Å². The minimum Gasteiger partial charge on any atom is -0.484 e. The van der Waals surface area contributed by atoms with E-state index < -0.39 is 0 Å². The first kappa shape index (κ1) is 21.5. The summed E-state index contributed by atoms with van der Waals surface area (Å²) in [6, 6.07) is 14.8. The molecule has 31 heavy (non-hydrogen) atoms. The summed E-state index contributed by atoms with van der Waals surface area (Å²) in [6.07, 6.45) is 0. The quantitative estimate of drug-likeness (QED) is 0.507. The standard InChI is InChI=1S/C21H21ClN4O4S/c22-15-6-7-18(26-8-10-28-11-9-26)17(12-15)23-19(27)14-31-21-25-24-20(30-21)13-29-16-4-2-1-3-5-16/h1-7,12H,8-11,13-14H2,(H,23,27). The number of amides is 1. The Morgan fingerprint density at radius 2 is 1.97 bits per heavy atom. The van der Waals surface area contributed by atoms with Gasteiger partial charge in [-0.15, -0.1) is 10.2 Å². The molecule has 1 saturated heterocycles. The predicted molar refractivity (Wildman–Crippen MR) is 119 cm³/mol. The number of nitrogens with one attached hydrogen (secondary N) is 1. The van der Waals surface area contributed by atoms with E-state index in [1.807, 2.05) is 42.5 Å². The molecule has 10 heteroatoms. The van der Waals surface area contributed by atoms with Crippen LogP contribution >= 0.6 is 23.4 Å². The molecule has 0 atom stereocenters. The van der Waals surface area contributed by atoms with Crippen LogP contribution in [0, 0.1) is 0 Å². The summed E-state index contributed by atoms with van der Waals surface area (Å²) in [5.74, 6) is 0.987. The zero-order valence-electron chi connectivity index (χ0n) is 16.6. The number of hydrogen-bond donors (Lipinski definition) is 1. The Hall–Kier alpha value is -2.75. The van der Waals surface area contributed by atoms with Gasteiger partial charge in [0.1, 0.15) is 5.75 Å². The molecule has 1 aliphatic rings. The van der Waals surface area contributed by atoms with Gasteiger partial charge < -0.3 is 24.1 Å². The highest BCUT2D eigenvalue weighted by Crippen LogP contribution is 2.30. The second-order valence-electron chi connectivity index (χ2n) is 6.66. The monoisotopic (exact) mass is 460 g/mol. The Bertz CT molecular complexity index is 1010. The Kier molecular flexibility index (Phi) is 7.29. The van der Waals surface area contributed by atoms with Crippen LogP contribution in [0.2, 0.25) is 5.02 Å². The largest absolute Gasteiger partial charge is 0.484 e. The van der Waals surface area contributed by atoms with Crippen molar-refractivity contribution < 1.29 is 18.7 Å². The van der Waals surface area contributed by atoms with Crippen molar-refractivity contribution >= 4 is 40.6 Å². The number of benzene rings is 2. The van der Waals surface area contributed by atoms with Crippen LogP contribution in [0.5, 0.6) is 5.75 Å². The molecule has 2 heterocycles. The van der Waals surface area contributed by atoms with Gasteiger partial charge in [-0.3, -0.25) is 4.79 Å². The van der Waals surface area contributed by atoms with E-state index in [-0.39, 0.29) is 18.3 Å². The summed E-state index contributed by atoms with van der Waals surface area (Å²) in [6.45, 7) is 2.98. The second kappa shape index (κ2) is 10.5. The normalized spacial score (nSPS) is 13.8. The fourth-order valence-corrected chi connectivity index (χ4v) is 3.77. The molecule has 1 fully saturated rings. The third-order valence-electron chi connectivity index (χ3n) is 4.47. The molecule has 1 N–H and O–H groups in total. The smallest absolute Gasteiger partial charge is 0.277 e. The number of ether oxygens (including phenoxy) is 2.